The summed E-state index contributed by atoms with van der Waals surface area (Å²) in [6, 6.07) is 19.0. The van der Waals surface area contributed by atoms with Crippen molar-refractivity contribution in [1.82, 2.24) is 15.5 Å². The molecule has 29 heavy (non-hydrogen) atoms. The van der Waals surface area contributed by atoms with Crippen LogP contribution < -0.4 is 10.2 Å². The highest BCUT2D eigenvalue weighted by molar-refractivity contribution is 9.10. The smallest absolute Gasteiger partial charge is 0.251 e. The number of aromatic nitrogens is 2. The molecule has 0 aliphatic carbocycles. The summed E-state index contributed by atoms with van der Waals surface area (Å²) in [6.07, 6.45) is 1.93. The lowest BCUT2D eigenvalue weighted by molar-refractivity contribution is 0.0933. The molecule has 1 aliphatic rings. The van der Waals surface area contributed by atoms with E-state index in [0.29, 0.717) is 17.1 Å². The van der Waals surface area contributed by atoms with Gasteiger partial charge in [0.2, 0.25) is 0 Å². The molecule has 1 N–H and O–H groups in total. The lowest BCUT2D eigenvalue weighted by atomic mass is 10.0. The molecule has 7 heteroatoms. The molecule has 1 aliphatic heterocycles. The van der Waals surface area contributed by atoms with Gasteiger partial charge in [-0.15, -0.1) is 10.2 Å². The van der Waals surface area contributed by atoms with E-state index >= 15 is 0 Å². The Kier molecular flexibility index (Phi) is 6.11. The summed E-state index contributed by atoms with van der Waals surface area (Å²) < 4.78 is 0.955. The van der Waals surface area contributed by atoms with Crippen molar-refractivity contribution in [3.8, 4) is 11.3 Å². The van der Waals surface area contributed by atoms with Gasteiger partial charge >= 0.3 is 0 Å². The van der Waals surface area contributed by atoms with Crippen molar-refractivity contribution in [2.75, 3.05) is 18.0 Å². The van der Waals surface area contributed by atoms with E-state index in [1.807, 2.05) is 60.7 Å². The first-order valence-electron chi connectivity index (χ1n) is 9.50. The second-order valence-corrected chi connectivity index (χ2v) is 8.35. The fourth-order valence-electron chi connectivity index (χ4n) is 3.48. The molecule has 4 rings (SSSR count). The molecule has 1 amide bonds. The van der Waals surface area contributed by atoms with E-state index in [1.165, 1.54) is 0 Å². The molecule has 2 aromatic carbocycles. The quantitative estimate of drug-likeness (QED) is 0.584. The SMILES string of the molecule is O=C(NC1CCCN(c2ccc(-c3ccccc3Cl)nn2)C1)c1ccc(Br)cc1. The summed E-state index contributed by atoms with van der Waals surface area (Å²) in [7, 11) is 0. The number of benzene rings is 2. The molecule has 0 saturated carbocycles. The average Bonchev–Trinajstić information content (AvgIpc) is 2.75. The number of carbonyl (C=O) groups excluding carboxylic acids is 1. The summed E-state index contributed by atoms with van der Waals surface area (Å²) in [4.78, 5) is 14.7. The molecule has 148 valence electrons. The molecule has 0 radical (unpaired) electrons. The van der Waals surface area contributed by atoms with Gasteiger partial charge in [-0.1, -0.05) is 45.7 Å². The van der Waals surface area contributed by atoms with Crippen molar-refractivity contribution < 1.29 is 4.79 Å². The minimum atomic E-state index is -0.0514. The van der Waals surface area contributed by atoms with Crippen molar-refractivity contribution >= 4 is 39.3 Å². The number of nitrogens with one attached hydrogen (secondary N) is 1. The zero-order valence-corrected chi connectivity index (χ0v) is 18.0. The molecule has 2 heterocycles. The number of halogens is 2. The molecule has 1 aromatic heterocycles. The lowest BCUT2D eigenvalue weighted by Gasteiger charge is -2.33. The van der Waals surface area contributed by atoms with Gasteiger partial charge in [0.05, 0.1) is 10.7 Å². The maximum atomic E-state index is 12.5. The third kappa shape index (κ3) is 4.77. The van der Waals surface area contributed by atoms with Crippen molar-refractivity contribution in [3.05, 3.63) is 75.7 Å². The number of hydrogen-bond acceptors (Lipinski definition) is 4. The zero-order chi connectivity index (χ0) is 20.2. The molecule has 1 saturated heterocycles. The maximum absolute atomic E-state index is 12.5. The summed E-state index contributed by atoms with van der Waals surface area (Å²) >= 11 is 9.64. The fourth-order valence-corrected chi connectivity index (χ4v) is 3.98. The van der Waals surface area contributed by atoms with Crippen LogP contribution in [-0.2, 0) is 0 Å². The Labute approximate surface area is 183 Å². The first kappa shape index (κ1) is 19.9. The minimum Gasteiger partial charge on any atom is -0.353 e. The number of amides is 1. The van der Waals surface area contributed by atoms with Crippen LogP contribution in [0.4, 0.5) is 5.82 Å². The van der Waals surface area contributed by atoms with Crippen LogP contribution in [0.15, 0.2) is 65.1 Å². The molecule has 1 atom stereocenters. The molecular weight excluding hydrogens is 452 g/mol. The molecule has 3 aromatic rings. The lowest BCUT2D eigenvalue weighted by Crippen LogP contribution is -2.48. The highest BCUT2D eigenvalue weighted by Gasteiger charge is 2.23. The summed E-state index contributed by atoms with van der Waals surface area (Å²) in [6.45, 7) is 1.60. The van der Waals surface area contributed by atoms with Gasteiger partial charge in [-0.2, -0.15) is 0 Å². The summed E-state index contributed by atoms with van der Waals surface area (Å²) in [5.41, 5.74) is 2.28. The van der Waals surface area contributed by atoms with E-state index in [1.54, 1.807) is 0 Å². The molecular formula is C22H20BrClN4O. The molecule has 1 fully saturated rings. The Balaban J connectivity index is 1.42. The van der Waals surface area contributed by atoms with Crippen molar-refractivity contribution in [2.24, 2.45) is 0 Å². The number of carbonyl (C=O) groups is 1. The van der Waals surface area contributed by atoms with E-state index in [0.717, 1.165) is 40.9 Å². The number of hydrogen-bond donors (Lipinski definition) is 1. The average molecular weight is 472 g/mol. The third-order valence-corrected chi connectivity index (χ3v) is 5.85. The topological polar surface area (TPSA) is 58.1 Å². The van der Waals surface area contributed by atoms with Gasteiger partial charge < -0.3 is 10.2 Å². The second kappa shape index (κ2) is 8.93. The Morgan fingerprint density at radius 1 is 1.07 bits per heavy atom. The number of nitrogens with zero attached hydrogens (tertiary/aromatic N) is 3. The second-order valence-electron chi connectivity index (χ2n) is 7.02. The largest absolute Gasteiger partial charge is 0.353 e. The first-order chi connectivity index (χ1) is 14.1. The van der Waals surface area contributed by atoms with E-state index in [2.05, 4.69) is 36.3 Å². The van der Waals surface area contributed by atoms with Crippen molar-refractivity contribution in [2.45, 2.75) is 18.9 Å². The highest BCUT2D eigenvalue weighted by atomic mass is 79.9. The van der Waals surface area contributed by atoms with Gasteiger partial charge in [-0.3, -0.25) is 4.79 Å². The van der Waals surface area contributed by atoms with E-state index in [4.69, 9.17) is 11.6 Å². The van der Waals surface area contributed by atoms with Gasteiger partial charge in [0.1, 0.15) is 0 Å². The maximum Gasteiger partial charge on any atom is 0.251 e. The Morgan fingerprint density at radius 3 is 2.59 bits per heavy atom. The highest BCUT2D eigenvalue weighted by Crippen LogP contribution is 2.26. The van der Waals surface area contributed by atoms with Crippen LogP contribution in [0.2, 0.25) is 5.02 Å². The Hall–Kier alpha value is -2.44. The van der Waals surface area contributed by atoms with Crippen molar-refractivity contribution in [3.63, 3.8) is 0 Å². The van der Waals surface area contributed by atoms with Crippen molar-refractivity contribution in [1.29, 1.82) is 0 Å². The number of piperidine rings is 1. The van der Waals surface area contributed by atoms with Crippen LogP contribution in [0.3, 0.4) is 0 Å². The van der Waals surface area contributed by atoms with Crippen LogP contribution >= 0.6 is 27.5 Å². The van der Waals surface area contributed by atoms with Gasteiger partial charge in [0, 0.05) is 34.7 Å². The third-order valence-electron chi connectivity index (χ3n) is 4.99. The van der Waals surface area contributed by atoms with Gasteiger partial charge in [0.25, 0.3) is 5.91 Å². The van der Waals surface area contributed by atoms with Crippen LogP contribution in [0.1, 0.15) is 23.2 Å². The predicted molar refractivity (Wildman–Crippen MR) is 119 cm³/mol. The van der Waals surface area contributed by atoms with Crippen LogP contribution in [0.25, 0.3) is 11.3 Å². The predicted octanol–water partition coefficient (Wildman–Crippen LogP) is 4.96. The Bertz CT molecular complexity index is 994. The monoisotopic (exact) mass is 470 g/mol. The minimum absolute atomic E-state index is 0.0514. The molecule has 0 bridgehead atoms. The molecule has 5 nitrogen and oxygen atoms in total. The van der Waals surface area contributed by atoms with Gasteiger partial charge in [0.15, 0.2) is 5.82 Å². The first-order valence-corrected chi connectivity index (χ1v) is 10.7. The zero-order valence-electron chi connectivity index (χ0n) is 15.7. The van der Waals surface area contributed by atoms with E-state index < -0.39 is 0 Å². The summed E-state index contributed by atoms with van der Waals surface area (Å²) in [5.74, 6) is 0.757. The summed E-state index contributed by atoms with van der Waals surface area (Å²) in [5, 5.41) is 12.6. The van der Waals surface area contributed by atoms with Crippen LogP contribution in [-0.4, -0.2) is 35.2 Å². The van der Waals surface area contributed by atoms with E-state index in [-0.39, 0.29) is 11.9 Å². The van der Waals surface area contributed by atoms with Crippen LogP contribution in [0.5, 0.6) is 0 Å². The molecule has 1 unspecified atom stereocenters. The number of rotatable bonds is 4. The fraction of sp³-hybridized carbons (Fsp3) is 0.227. The van der Waals surface area contributed by atoms with E-state index in [9.17, 15) is 4.79 Å². The Morgan fingerprint density at radius 2 is 1.86 bits per heavy atom. The molecule has 0 spiro atoms. The standard InChI is InChI=1S/C22H20BrClN4O/c23-16-9-7-15(8-10-16)22(29)25-17-4-3-13-28(14-17)21-12-11-20(26-27-21)18-5-1-2-6-19(18)24/h1-2,5-12,17H,3-4,13-14H2,(H,25,29). The number of anilines is 1. The van der Waals surface area contributed by atoms with Gasteiger partial charge in [-0.25, -0.2) is 0 Å². The van der Waals surface area contributed by atoms with Gasteiger partial charge in [-0.05, 0) is 55.3 Å². The normalized spacial score (nSPS) is 16.5. The van der Waals surface area contributed by atoms with Crippen LogP contribution in [0, 0.1) is 0 Å².